The van der Waals surface area contributed by atoms with Crippen molar-refractivity contribution in [2.75, 3.05) is 13.2 Å². The quantitative estimate of drug-likeness (QED) is 0.0262. The fraction of sp³-hybridized carbons (Fsp3) is 0.732. The van der Waals surface area contributed by atoms with Crippen molar-refractivity contribution in [3.8, 4) is 0 Å². The Kier molecular flexibility index (Phi) is 47.9. The summed E-state index contributed by atoms with van der Waals surface area (Å²) >= 11 is 0. The summed E-state index contributed by atoms with van der Waals surface area (Å²) in [7, 11) is 0. The van der Waals surface area contributed by atoms with E-state index in [9.17, 15) is 14.4 Å². The molecule has 0 N–H and O–H groups in total. The van der Waals surface area contributed by atoms with Crippen molar-refractivity contribution in [2.24, 2.45) is 0 Å². The molecule has 0 aromatic carbocycles. The maximum Gasteiger partial charge on any atom is 0.306 e. The number of ether oxygens (including phenoxy) is 3. The van der Waals surface area contributed by atoms with E-state index in [-0.39, 0.29) is 31.1 Å². The summed E-state index contributed by atoms with van der Waals surface area (Å²) in [5, 5.41) is 0. The van der Waals surface area contributed by atoms with Crippen LogP contribution in [-0.2, 0) is 28.6 Å². The van der Waals surface area contributed by atoms with Gasteiger partial charge in [-0.3, -0.25) is 14.4 Å². The number of esters is 3. The van der Waals surface area contributed by atoms with E-state index in [4.69, 9.17) is 14.2 Å². The van der Waals surface area contributed by atoms with Gasteiger partial charge in [0.2, 0.25) is 0 Å². The van der Waals surface area contributed by atoms with Crippen molar-refractivity contribution in [1.29, 1.82) is 0 Å². The highest BCUT2D eigenvalue weighted by atomic mass is 16.6. The fourth-order valence-electron chi connectivity index (χ4n) is 6.92. The molecule has 356 valence electrons. The Morgan fingerprint density at radius 3 is 0.935 bits per heavy atom. The summed E-state index contributed by atoms with van der Waals surface area (Å²) in [6, 6.07) is 0. The van der Waals surface area contributed by atoms with Crippen molar-refractivity contribution < 1.29 is 28.6 Å². The molecule has 0 bridgehead atoms. The number of rotatable bonds is 46. The molecule has 0 aliphatic heterocycles. The van der Waals surface area contributed by atoms with Crippen molar-refractivity contribution in [3.63, 3.8) is 0 Å². The van der Waals surface area contributed by atoms with Gasteiger partial charge in [0.25, 0.3) is 0 Å². The lowest BCUT2D eigenvalue weighted by Gasteiger charge is -2.18. The van der Waals surface area contributed by atoms with Crippen LogP contribution in [0.25, 0.3) is 0 Å². The number of hydrogen-bond donors (Lipinski definition) is 0. The minimum absolute atomic E-state index is 0.0934. The zero-order chi connectivity index (χ0) is 45.1. The topological polar surface area (TPSA) is 78.9 Å². The molecule has 0 saturated carbocycles. The maximum atomic E-state index is 12.8. The van der Waals surface area contributed by atoms with Gasteiger partial charge < -0.3 is 14.2 Å². The van der Waals surface area contributed by atoms with Crippen LogP contribution in [0.4, 0.5) is 0 Å². The Labute approximate surface area is 382 Å². The van der Waals surface area contributed by atoms with E-state index in [0.29, 0.717) is 19.3 Å². The molecule has 0 aliphatic carbocycles. The van der Waals surface area contributed by atoms with Crippen LogP contribution in [0.1, 0.15) is 245 Å². The molecule has 1 atom stereocenters. The molecule has 0 fully saturated rings. The van der Waals surface area contributed by atoms with Gasteiger partial charge >= 0.3 is 17.9 Å². The van der Waals surface area contributed by atoms with Crippen molar-refractivity contribution >= 4 is 17.9 Å². The van der Waals surface area contributed by atoms with E-state index in [2.05, 4.69) is 93.7 Å². The van der Waals surface area contributed by atoms with Crippen molar-refractivity contribution in [1.82, 2.24) is 0 Å². The second-order valence-electron chi connectivity index (χ2n) is 17.1. The van der Waals surface area contributed by atoms with Crippen LogP contribution in [0, 0.1) is 0 Å². The molecule has 0 saturated heterocycles. The minimum Gasteiger partial charge on any atom is -0.462 e. The molecule has 0 aliphatic rings. The maximum absolute atomic E-state index is 12.8. The highest BCUT2D eigenvalue weighted by Gasteiger charge is 2.19. The van der Waals surface area contributed by atoms with Crippen LogP contribution in [0.2, 0.25) is 0 Å². The lowest BCUT2D eigenvalue weighted by atomic mass is 10.1. The van der Waals surface area contributed by atoms with Gasteiger partial charge in [0.1, 0.15) is 13.2 Å². The third-order valence-electron chi connectivity index (χ3n) is 10.9. The lowest BCUT2D eigenvalue weighted by molar-refractivity contribution is -0.167. The van der Waals surface area contributed by atoms with E-state index < -0.39 is 6.10 Å². The number of unbranched alkanes of at least 4 members (excludes halogenated alkanes) is 23. The first-order chi connectivity index (χ1) is 30.5. The number of hydrogen-bond acceptors (Lipinski definition) is 6. The van der Waals surface area contributed by atoms with Crippen LogP contribution in [0.5, 0.6) is 0 Å². The van der Waals surface area contributed by atoms with Gasteiger partial charge in [0, 0.05) is 19.3 Å². The zero-order valence-corrected chi connectivity index (χ0v) is 40.6. The molecule has 0 rings (SSSR count). The predicted molar refractivity (Wildman–Crippen MR) is 265 cm³/mol. The smallest absolute Gasteiger partial charge is 0.306 e. The lowest BCUT2D eigenvalue weighted by Crippen LogP contribution is -2.30. The van der Waals surface area contributed by atoms with E-state index in [1.165, 1.54) is 70.6 Å². The SMILES string of the molecule is CCCC/C=C\C/C=C\CCCCCCCC(=O)OCC(COC(=O)CCCCCCC/C=C\C/C=C\CCCCCC)OC(=O)CCCCCCC/C=C\C/C=C\CCCC. The number of carbonyl (C=O) groups excluding carboxylic acids is 3. The molecule has 0 aromatic rings. The van der Waals surface area contributed by atoms with E-state index in [1.807, 2.05) is 0 Å². The molecular formula is C56H96O6. The van der Waals surface area contributed by atoms with Crippen molar-refractivity contribution in [2.45, 2.75) is 252 Å². The summed E-state index contributed by atoms with van der Waals surface area (Å²) < 4.78 is 16.8. The van der Waals surface area contributed by atoms with Gasteiger partial charge in [0.05, 0.1) is 0 Å². The third kappa shape index (κ3) is 47.9. The Bertz CT molecular complexity index is 1180. The molecular weight excluding hydrogens is 769 g/mol. The van der Waals surface area contributed by atoms with Crippen LogP contribution >= 0.6 is 0 Å². The Morgan fingerprint density at radius 1 is 0.323 bits per heavy atom. The molecule has 0 radical (unpaired) electrons. The molecule has 1 unspecified atom stereocenters. The summed E-state index contributed by atoms with van der Waals surface area (Å²) in [4.78, 5) is 38.0. The second-order valence-corrected chi connectivity index (χ2v) is 17.1. The summed E-state index contributed by atoms with van der Waals surface area (Å²) in [5.74, 6) is -0.933. The molecule has 6 heteroatoms. The average molecular weight is 865 g/mol. The van der Waals surface area contributed by atoms with Crippen molar-refractivity contribution in [3.05, 3.63) is 72.9 Å². The molecule has 0 spiro atoms. The standard InChI is InChI=1S/C56H96O6/c1-4-7-10-13-16-19-22-25-28-29-32-34-37-40-43-46-49-55(58)61-52-53(62-56(59)50-47-44-41-38-35-31-27-24-21-18-15-12-9-6-3)51-60-54(57)48-45-42-39-36-33-30-26-23-20-17-14-11-8-5-2/h14-15,17-19,22-24,26-29,53H,4-13,16,20-21,25,30-52H2,1-3H3/b17-14-,18-15-,22-19-,26-23-,27-24-,29-28-. The number of carbonyl (C=O) groups is 3. The van der Waals surface area contributed by atoms with Gasteiger partial charge in [-0.2, -0.15) is 0 Å². The fourth-order valence-corrected chi connectivity index (χ4v) is 6.92. The largest absolute Gasteiger partial charge is 0.462 e. The first-order valence-electron chi connectivity index (χ1n) is 25.9. The Hall–Kier alpha value is -3.15. The Morgan fingerprint density at radius 2 is 0.597 bits per heavy atom. The first-order valence-corrected chi connectivity index (χ1v) is 25.9. The minimum atomic E-state index is -0.794. The average Bonchev–Trinajstić information content (AvgIpc) is 3.27. The second kappa shape index (κ2) is 50.5. The van der Waals surface area contributed by atoms with Crippen LogP contribution in [-0.4, -0.2) is 37.2 Å². The highest BCUT2D eigenvalue weighted by molar-refractivity contribution is 5.71. The molecule has 0 aromatic heterocycles. The van der Waals surface area contributed by atoms with Gasteiger partial charge in [-0.15, -0.1) is 0 Å². The van der Waals surface area contributed by atoms with E-state index in [0.717, 1.165) is 135 Å². The van der Waals surface area contributed by atoms with Gasteiger partial charge in [-0.05, 0) is 103 Å². The molecule has 0 heterocycles. The van der Waals surface area contributed by atoms with Gasteiger partial charge in [0.15, 0.2) is 6.10 Å². The third-order valence-corrected chi connectivity index (χ3v) is 10.9. The highest BCUT2D eigenvalue weighted by Crippen LogP contribution is 2.13. The Balaban J connectivity index is 4.45. The number of allylic oxidation sites excluding steroid dienone is 12. The van der Waals surface area contributed by atoms with Crippen LogP contribution in [0.15, 0.2) is 72.9 Å². The van der Waals surface area contributed by atoms with E-state index in [1.54, 1.807) is 0 Å². The monoisotopic (exact) mass is 865 g/mol. The normalized spacial score (nSPS) is 12.6. The van der Waals surface area contributed by atoms with Gasteiger partial charge in [-0.1, -0.05) is 196 Å². The summed E-state index contributed by atoms with van der Waals surface area (Å²) in [6.07, 6.45) is 63.0. The van der Waals surface area contributed by atoms with Gasteiger partial charge in [-0.25, -0.2) is 0 Å². The van der Waals surface area contributed by atoms with Crippen LogP contribution in [0.3, 0.4) is 0 Å². The molecule has 62 heavy (non-hydrogen) atoms. The van der Waals surface area contributed by atoms with Crippen LogP contribution < -0.4 is 0 Å². The van der Waals surface area contributed by atoms with E-state index >= 15 is 0 Å². The zero-order valence-electron chi connectivity index (χ0n) is 40.6. The summed E-state index contributed by atoms with van der Waals surface area (Å²) in [6.45, 7) is 6.50. The predicted octanol–water partition coefficient (Wildman–Crippen LogP) is 17.0. The molecule has 6 nitrogen and oxygen atoms in total. The first kappa shape index (κ1) is 58.9. The summed E-state index contributed by atoms with van der Waals surface area (Å²) in [5.41, 5.74) is 0. The molecule has 0 amide bonds.